The SMILES string of the molecule is CCCCCCC.Oc1ccc(C(F)(F)F)cc1Cl. The Morgan fingerprint density at radius 2 is 1.58 bits per heavy atom. The van der Waals surface area contributed by atoms with Gasteiger partial charge in [-0.3, -0.25) is 0 Å². The summed E-state index contributed by atoms with van der Waals surface area (Å²) >= 11 is 5.27. The molecule has 0 aliphatic heterocycles. The molecule has 0 spiro atoms. The van der Waals surface area contributed by atoms with Crippen molar-refractivity contribution in [2.24, 2.45) is 0 Å². The first-order chi connectivity index (χ1) is 8.82. The molecule has 110 valence electrons. The number of phenolic OH excluding ortho intramolecular Hbond substituents is 1. The maximum Gasteiger partial charge on any atom is 0.416 e. The van der Waals surface area contributed by atoms with Crippen molar-refractivity contribution in [3.05, 3.63) is 28.8 Å². The predicted octanol–water partition coefficient (Wildman–Crippen LogP) is 6.04. The molecule has 0 atom stereocenters. The molecule has 0 aromatic heterocycles. The van der Waals surface area contributed by atoms with Gasteiger partial charge in [0.05, 0.1) is 10.6 Å². The Hall–Kier alpha value is -0.900. The minimum Gasteiger partial charge on any atom is -0.506 e. The number of benzene rings is 1. The topological polar surface area (TPSA) is 20.2 Å². The molecular weight excluding hydrogens is 277 g/mol. The van der Waals surface area contributed by atoms with Gasteiger partial charge in [0.1, 0.15) is 5.75 Å². The predicted molar refractivity (Wildman–Crippen MR) is 72.6 cm³/mol. The highest BCUT2D eigenvalue weighted by Crippen LogP contribution is 2.33. The summed E-state index contributed by atoms with van der Waals surface area (Å²) in [5, 5.41) is 8.51. The van der Waals surface area contributed by atoms with E-state index >= 15 is 0 Å². The average Bonchev–Trinajstić information content (AvgIpc) is 2.33. The van der Waals surface area contributed by atoms with E-state index in [0.29, 0.717) is 6.07 Å². The van der Waals surface area contributed by atoms with Crippen molar-refractivity contribution >= 4 is 11.6 Å². The average molecular weight is 297 g/mol. The summed E-state index contributed by atoms with van der Waals surface area (Å²) in [5.41, 5.74) is -0.870. The maximum absolute atomic E-state index is 12.0. The lowest BCUT2D eigenvalue weighted by atomic mass is 10.2. The number of phenols is 1. The maximum atomic E-state index is 12.0. The molecule has 0 amide bonds. The smallest absolute Gasteiger partial charge is 0.416 e. The van der Waals surface area contributed by atoms with E-state index in [4.69, 9.17) is 16.7 Å². The lowest BCUT2D eigenvalue weighted by molar-refractivity contribution is -0.137. The minimum absolute atomic E-state index is 0.301. The Morgan fingerprint density at radius 1 is 1.05 bits per heavy atom. The molecule has 0 saturated carbocycles. The standard InChI is InChI=1S/C7H4ClF3O.C7H16/c8-5-3-4(7(9,10)11)1-2-6(5)12;1-3-5-7-6-4-2/h1-3,12H;3-7H2,1-2H3. The van der Waals surface area contributed by atoms with Crippen molar-refractivity contribution in [3.63, 3.8) is 0 Å². The lowest BCUT2D eigenvalue weighted by Crippen LogP contribution is -2.03. The van der Waals surface area contributed by atoms with E-state index in [-0.39, 0.29) is 10.8 Å². The van der Waals surface area contributed by atoms with Gasteiger partial charge in [-0.15, -0.1) is 0 Å². The summed E-state index contributed by atoms with van der Waals surface area (Å²) in [7, 11) is 0. The molecule has 0 saturated heterocycles. The van der Waals surface area contributed by atoms with Crippen molar-refractivity contribution in [3.8, 4) is 5.75 Å². The van der Waals surface area contributed by atoms with Crippen LogP contribution in [0.25, 0.3) is 0 Å². The molecule has 5 heteroatoms. The van der Waals surface area contributed by atoms with Crippen LogP contribution in [0.4, 0.5) is 13.2 Å². The molecule has 0 aliphatic rings. The van der Waals surface area contributed by atoms with E-state index in [1.165, 1.54) is 32.1 Å². The Morgan fingerprint density at radius 3 is 1.95 bits per heavy atom. The van der Waals surface area contributed by atoms with Gasteiger partial charge in [0.2, 0.25) is 0 Å². The molecule has 0 unspecified atom stereocenters. The van der Waals surface area contributed by atoms with Crippen LogP contribution in [-0.2, 0) is 6.18 Å². The Balaban J connectivity index is 0.000000399. The van der Waals surface area contributed by atoms with Gasteiger partial charge in [-0.25, -0.2) is 0 Å². The molecule has 1 aromatic carbocycles. The zero-order valence-corrected chi connectivity index (χ0v) is 12.0. The first-order valence-electron chi connectivity index (χ1n) is 6.38. The fourth-order valence-corrected chi connectivity index (χ4v) is 1.54. The molecule has 0 heterocycles. The van der Waals surface area contributed by atoms with Gasteiger partial charge in [0.15, 0.2) is 0 Å². The minimum atomic E-state index is -4.42. The number of hydrogen-bond donors (Lipinski definition) is 1. The van der Waals surface area contributed by atoms with Crippen molar-refractivity contribution in [1.82, 2.24) is 0 Å². The van der Waals surface area contributed by atoms with Gasteiger partial charge in [-0.1, -0.05) is 57.6 Å². The zero-order chi connectivity index (χ0) is 14.9. The van der Waals surface area contributed by atoms with E-state index < -0.39 is 11.7 Å². The Labute approximate surface area is 117 Å². The van der Waals surface area contributed by atoms with E-state index in [1.54, 1.807) is 0 Å². The summed E-state index contributed by atoms with van der Waals surface area (Å²) in [6.07, 6.45) is 2.59. The summed E-state index contributed by atoms with van der Waals surface area (Å²) in [6, 6.07) is 2.35. The molecular formula is C14H20ClF3O. The van der Waals surface area contributed by atoms with Crippen LogP contribution in [0.5, 0.6) is 5.75 Å². The number of halogens is 4. The summed E-state index contributed by atoms with van der Waals surface area (Å²) < 4.78 is 35.9. The van der Waals surface area contributed by atoms with Crippen LogP contribution in [0.3, 0.4) is 0 Å². The molecule has 1 N–H and O–H groups in total. The van der Waals surface area contributed by atoms with Gasteiger partial charge < -0.3 is 5.11 Å². The number of hydrogen-bond acceptors (Lipinski definition) is 1. The lowest BCUT2D eigenvalue weighted by Gasteiger charge is -2.06. The van der Waals surface area contributed by atoms with Crippen LogP contribution in [0, 0.1) is 0 Å². The second-order valence-corrected chi connectivity index (χ2v) is 4.63. The summed E-state index contributed by atoms with van der Waals surface area (Å²) in [6.45, 7) is 4.49. The second-order valence-electron chi connectivity index (χ2n) is 4.22. The number of alkyl halides is 3. The summed E-state index contributed by atoms with van der Waals surface area (Å²) in [5.74, 6) is -0.357. The van der Waals surface area contributed by atoms with Crippen LogP contribution in [0.2, 0.25) is 5.02 Å². The van der Waals surface area contributed by atoms with Crippen LogP contribution in [-0.4, -0.2) is 5.11 Å². The third kappa shape index (κ3) is 7.98. The third-order valence-corrected chi connectivity index (χ3v) is 2.78. The zero-order valence-electron chi connectivity index (χ0n) is 11.2. The van der Waals surface area contributed by atoms with Gasteiger partial charge in [-0.05, 0) is 18.2 Å². The van der Waals surface area contributed by atoms with E-state index in [0.717, 1.165) is 12.1 Å². The van der Waals surface area contributed by atoms with Crippen molar-refractivity contribution < 1.29 is 18.3 Å². The molecule has 0 radical (unpaired) electrons. The van der Waals surface area contributed by atoms with Crippen LogP contribution in [0.1, 0.15) is 51.5 Å². The quantitative estimate of drug-likeness (QED) is 0.671. The highest BCUT2D eigenvalue weighted by molar-refractivity contribution is 6.32. The Kier molecular flexibility index (Phi) is 8.65. The molecule has 1 aromatic rings. The highest BCUT2D eigenvalue weighted by atomic mass is 35.5. The fraction of sp³-hybridized carbons (Fsp3) is 0.571. The largest absolute Gasteiger partial charge is 0.506 e. The van der Waals surface area contributed by atoms with Gasteiger partial charge in [0, 0.05) is 0 Å². The monoisotopic (exact) mass is 296 g/mol. The van der Waals surface area contributed by atoms with Gasteiger partial charge in [0.25, 0.3) is 0 Å². The first-order valence-corrected chi connectivity index (χ1v) is 6.76. The van der Waals surface area contributed by atoms with Crippen LogP contribution in [0.15, 0.2) is 18.2 Å². The van der Waals surface area contributed by atoms with Crippen molar-refractivity contribution in [2.45, 2.75) is 52.1 Å². The van der Waals surface area contributed by atoms with E-state index in [2.05, 4.69) is 13.8 Å². The van der Waals surface area contributed by atoms with Crippen LogP contribution < -0.4 is 0 Å². The molecule has 0 aliphatic carbocycles. The first kappa shape index (κ1) is 18.1. The molecule has 0 bridgehead atoms. The second kappa shape index (κ2) is 9.08. The number of rotatable bonds is 4. The normalized spacial score (nSPS) is 10.8. The fourth-order valence-electron chi connectivity index (χ4n) is 1.36. The molecule has 1 rings (SSSR count). The Bertz CT molecular complexity index is 360. The van der Waals surface area contributed by atoms with Crippen LogP contribution >= 0.6 is 11.6 Å². The summed E-state index contributed by atoms with van der Waals surface area (Å²) in [4.78, 5) is 0. The molecule has 1 nitrogen and oxygen atoms in total. The number of aromatic hydroxyl groups is 1. The van der Waals surface area contributed by atoms with E-state index in [1.807, 2.05) is 0 Å². The van der Waals surface area contributed by atoms with Crippen molar-refractivity contribution in [2.75, 3.05) is 0 Å². The van der Waals surface area contributed by atoms with Gasteiger partial charge >= 0.3 is 6.18 Å². The van der Waals surface area contributed by atoms with Crippen molar-refractivity contribution in [1.29, 1.82) is 0 Å². The number of unbranched alkanes of at least 4 members (excludes halogenated alkanes) is 4. The van der Waals surface area contributed by atoms with E-state index in [9.17, 15) is 13.2 Å². The molecule has 19 heavy (non-hydrogen) atoms. The third-order valence-electron chi connectivity index (χ3n) is 2.48. The van der Waals surface area contributed by atoms with Gasteiger partial charge in [-0.2, -0.15) is 13.2 Å². The molecule has 0 fully saturated rings. The highest BCUT2D eigenvalue weighted by Gasteiger charge is 2.30.